The van der Waals surface area contributed by atoms with E-state index >= 15 is 0 Å². The van der Waals surface area contributed by atoms with Crippen molar-refractivity contribution in [3.8, 4) is 0 Å². The molecule has 1 N–H and O–H groups in total. The minimum Gasteiger partial charge on any atom is -0.364 e. The predicted molar refractivity (Wildman–Crippen MR) is 79.2 cm³/mol. The molecule has 2 unspecified atom stereocenters. The fourth-order valence-corrected chi connectivity index (χ4v) is 2.62. The Kier molecular flexibility index (Phi) is 3.86. The second-order valence-electron chi connectivity index (χ2n) is 6.78. The van der Waals surface area contributed by atoms with Crippen molar-refractivity contribution < 1.29 is 4.39 Å². The predicted octanol–water partition coefficient (Wildman–Crippen LogP) is 3.35. The monoisotopic (exact) mass is 264 g/mol. The molecule has 1 heterocycles. The summed E-state index contributed by atoms with van der Waals surface area (Å²) >= 11 is 0. The summed E-state index contributed by atoms with van der Waals surface area (Å²) in [6, 6.07) is 6.21. The van der Waals surface area contributed by atoms with Crippen LogP contribution in [0.15, 0.2) is 18.2 Å². The van der Waals surface area contributed by atoms with Gasteiger partial charge in [-0.05, 0) is 37.0 Å². The molecule has 0 spiro atoms. The summed E-state index contributed by atoms with van der Waals surface area (Å²) in [5.41, 5.74) is 1.88. The molecular weight excluding hydrogens is 239 g/mol. The lowest BCUT2D eigenvalue weighted by atomic mass is 9.84. The second-order valence-corrected chi connectivity index (χ2v) is 6.78. The number of rotatable bonds is 1. The average Bonchev–Trinajstić information content (AvgIpc) is 2.29. The molecule has 1 saturated heterocycles. The van der Waals surface area contributed by atoms with Gasteiger partial charge in [-0.1, -0.05) is 26.8 Å². The summed E-state index contributed by atoms with van der Waals surface area (Å²) in [4.78, 5) is 2.20. The maximum atomic E-state index is 14.2. The number of halogens is 1. The van der Waals surface area contributed by atoms with E-state index in [-0.39, 0.29) is 11.2 Å². The zero-order chi connectivity index (χ0) is 14.2. The van der Waals surface area contributed by atoms with Crippen molar-refractivity contribution in [1.82, 2.24) is 5.32 Å². The normalized spacial score (nSPS) is 24.6. The van der Waals surface area contributed by atoms with Crippen LogP contribution in [0.2, 0.25) is 0 Å². The Morgan fingerprint density at radius 2 is 2.00 bits per heavy atom. The van der Waals surface area contributed by atoms with Crippen molar-refractivity contribution in [1.29, 1.82) is 0 Å². The third-order valence-corrected chi connectivity index (χ3v) is 4.03. The van der Waals surface area contributed by atoms with Crippen molar-refractivity contribution in [2.24, 2.45) is 5.41 Å². The van der Waals surface area contributed by atoms with Gasteiger partial charge in [0.15, 0.2) is 0 Å². The average molecular weight is 264 g/mol. The molecule has 1 aromatic rings. The largest absolute Gasteiger partial charge is 0.364 e. The molecule has 0 aromatic heterocycles. The SMILES string of the molecule is Cc1ccc(N2CC(C(C)(C)C)NCC2C)c(F)c1. The highest BCUT2D eigenvalue weighted by molar-refractivity contribution is 5.50. The number of nitrogens with one attached hydrogen (secondary N) is 1. The van der Waals surface area contributed by atoms with Crippen LogP contribution < -0.4 is 10.2 Å². The van der Waals surface area contributed by atoms with Crippen molar-refractivity contribution in [3.63, 3.8) is 0 Å². The molecule has 1 fully saturated rings. The number of benzene rings is 1. The molecule has 0 amide bonds. The van der Waals surface area contributed by atoms with Gasteiger partial charge in [0.1, 0.15) is 5.82 Å². The third-order valence-electron chi connectivity index (χ3n) is 4.03. The van der Waals surface area contributed by atoms with Crippen molar-refractivity contribution in [2.75, 3.05) is 18.0 Å². The van der Waals surface area contributed by atoms with E-state index in [9.17, 15) is 4.39 Å². The maximum absolute atomic E-state index is 14.2. The van der Waals surface area contributed by atoms with E-state index in [2.05, 4.69) is 37.9 Å². The van der Waals surface area contributed by atoms with E-state index < -0.39 is 0 Å². The summed E-state index contributed by atoms with van der Waals surface area (Å²) in [6.07, 6.45) is 0. The van der Waals surface area contributed by atoms with Crippen LogP contribution in [0.25, 0.3) is 0 Å². The van der Waals surface area contributed by atoms with Crippen LogP contribution in [-0.4, -0.2) is 25.2 Å². The lowest BCUT2D eigenvalue weighted by molar-refractivity contribution is 0.238. The molecule has 106 valence electrons. The van der Waals surface area contributed by atoms with E-state index in [0.717, 1.165) is 24.3 Å². The zero-order valence-electron chi connectivity index (χ0n) is 12.6. The standard InChI is InChI=1S/C16H25FN2/c1-11-6-7-14(13(17)8-11)19-10-15(16(3,4)5)18-9-12(19)2/h6-8,12,15,18H,9-10H2,1-5H3. The van der Waals surface area contributed by atoms with E-state index in [1.807, 2.05) is 19.1 Å². The van der Waals surface area contributed by atoms with Gasteiger partial charge in [0, 0.05) is 25.2 Å². The van der Waals surface area contributed by atoms with E-state index in [4.69, 9.17) is 0 Å². The van der Waals surface area contributed by atoms with E-state index in [1.54, 1.807) is 6.07 Å². The number of anilines is 1. The van der Waals surface area contributed by atoms with Gasteiger partial charge < -0.3 is 10.2 Å². The van der Waals surface area contributed by atoms with Gasteiger partial charge in [-0.25, -0.2) is 4.39 Å². The minimum atomic E-state index is -0.110. The summed E-state index contributed by atoms with van der Waals surface area (Å²) in [5.74, 6) is -0.110. The van der Waals surface area contributed by atoms with Gasteiger partial charge in [-0.3, -0.25) is 0 Å². The Morgan fingerprint density at radius 3 is 2.58 bits per heavy atom. The molecule has 0 bridgehead atoms. The zero-order valence-corrected chi connectivity index (χ0v) is 12.6. The third kappa shape index (κ3) is 3.08. The van der Waals surface area contributed by atoms with Crippen LogP contribution >= 0.6 is 0 Å². The molecule has 2 nitrogen and oxygen atoms in total. The highest BCUT2D eigenvalue weighted by Gasteiger charge is 2.33. The number of hydrogen-bond acceptors (Lipinski definition) is 2. The van der Waals surface area contributed by atoms with Crippen LogP contribution in [0, 0.1) is 18.2 Å². The van der Waals surface area contributed by atoms with Crippen molar-refractivity contribution in [2.45, 2.75) is 46.7 Å². The summed E-state index contributed by atoms with van der Waals surface area (Å²) < 4.78 is 14.2. The number of aryl methyl sites for hydroxylation is 1. The molecule has 2 atom stereocenters. The van der Waals surface area contributed by atoms with Crippen LogP contribution in [0.4, 0.5) is 10.1 Å². The quantitative estimate of drug-likeness (QED) is 0.837. The summed E-state index contributed by atoms with van der Waals surface area (Å²) in [5, 5.41) is 3.58. The molecule has 1 aliphatic rings. The maximum Gasteiger partial charge on any atom is 0.146 e. The van der Waals surface area contributed by atoms with Crippen molar-refractivity contribution >= 4 is 5.69 Å². The van der Waals surface area contributed by atoms with Gasteiger partial charge in [0.2, 0.25) is 0 Å². The minimum absolute atomic E-state index is 0.110. The van der Waals surface area contributed by atoms with Crippen molar-refractivity contribution in [3.05, 3.63) is 29.6 Å². The highest BCUT2D eigenvalue weighted by atomic mass is 19.1. The van der Waals surface area contributed by atoms with Gasteiger partial charge >= 0.3 is 0 Å². The Bertz CT molecular complexity index is 451. The molecule has 0 radical (unpaired) electrons. The second kappa shape index (κ2) is 5.12. The molecule has 1 aliphatic heterocycles. The van der Waals surface area contributed by atoms with E-state index in [1.165, 1.54) is 0 Å². The van der Waals surface area contributed by atoms with Crippen LogP contribution in [0.1, 0.15) is 33.3 Å². The van der Waals surface area contributed by atoms with Crippen LogP contribution in [0.3, 0.4) is 0 Å². The molecule has 0 saturated carbocycles. The summed E-state index contributed by atoms with van der Waals surface area (Å²) in [6.45, 7) is 12.5. The Hall–Kier alpha value is -1.09. The fourth-order valence-electron chi connectivity index (χ4n) is 2.62. The molecule has 1 aromatic carbocycles. The Balaban J connectivity index is 2.26. The van der Waals surface area contributed by atoms with Crippen LogP contribution in [-0.2, 0) is 0 Å². The van der Waals surface area contributed by atoms with E-state index in [0.29, 0.717) is 12.1 Å². The molecule has 19 heavy (non-hydrogen) atoms. The fraction of sp³-hybridized carbons (Fsp3) is 0.625. The first kappa shape index (κ1) is 14.3. The first-order valence-corrected chi connectivity index (χ1v) is 7.05. The topological polar surface area (TPSA) is 15.3 Å². The lowest BCUT2D eigenvalue weighted by Gasteiger charge is -2.45. The Morgan fingerprint density at radius 1 is 1.32 bits per heavy atom. The molecule has 2 rings (SSSR count). The first-order chi connectivity index (χ1) is 8.79. The van der Waals surface area contributed by atoms with Gasteiger partial charge in [-0.2, -0.15) is 0 Å². The summed E-state index contributed by atoms with van der Waals surface area (Å²) in [7, 11) is 0. The lowest BCUT2D eigenvalue weighted by Crippen LogP contribution is -2.59. The number of piperazine rings is 1. The highest BCUT2D eigenvalue weighted by Crippen LogP contribution is 2.29. The van der Waals surface area contributed by atoms with Crippen LogP contribution in [0.5, 0.6) is 0 Å². The molecule has 3 heteroatoms. The molecule has 0 aliphatic carbocycles. The smallest absolute Gasteiger partial charge is 0.146 e. The van der Waals surface area contributed by atoms with Gasteiger partial charge in [-0.15, -0.1) is 0 Å². The molecular formula is C16H25FN2. The Labute approximate surface area is 116 Å². The number of nitrogens with zero attached hydrogens (tertiary/aromatic N) is 1. The number of hydrogen-bond donors (Lipinski definition) is 1. The van der Waals surface area contributed by atoms with Gasteiger partial charge in [0.05, 0.1) is 5.69 Å². The first-order valence-electron chi connectivity index (χ1n) is 7.05. The van der Waals surface area contributed by atoms with Gasteiger partial charge in [0.25, 0.3) is 0 Å².